The van der Waals surface area contributed by atoms with E-state index in [9.17, 15) is 26.0 Å². The number of aliphatic carboxylic acids is 1. The Morgan fingerprint density at radius 2 is 1.58 bits per heavy atom. The smallest absolute Gasteiger partial charge is 0.304 e. The summed E-state index contributed by atoms with van der Waals surface area (Å²) in [6.45, 7) is -0.522. The standard InChI is InChI=1S/C13H19FN2O6S2/c1-15(8-7-13(17)18)23(19,20)10-9-16(2)24(21,22)12-5-3-11(14)4-6-12/h3-6H,7-10H2,1-2H3,(H,17,18). The predicted octanol–water partition coefficient (Wildman–Crippen LogP) is 0.183. The lowest BCUT2D eigenvalue weighted by Gasteiger charge is -2.20. The van der Waals surface area contributed by atoms with Gasteiger partial charge in [0.15, 0.2) is 0 Å². The molecular formula is C13H19FN2O6S2. The minimum atomic E-state index is -3.94. The molecule has 1 aromatic carbocycles. The number of sulfonamides is 2. The molecule has 1 N–H and O–H groups in total. The van der Waals surface area contributed by atoms with Crippen molar-refractivity contribution in [3.8, 4) is 0 Å². The highest BCUT2D eigenvalue weighted by molar-refractivity contribution is 7.90. The van der Waals surface area contributed by atoms with Gasteiger partial charge in [-0.1, -0.05) is 0 Å². The Kier molecular flexibility index (Phi) is 6.84. The van der Waals surface area contributed by atoms with Gasteiger partial charge >= 0.3 is 5.97 Å². The fourth-order valence-corrected chi connectivity index (χ4v) is 4.17. The van der Waals surface area contributed by atoms with Crippen LogP contribution in [0.15, 0.2) is 29.2 Å². The predicted molar refractivity (Wildman–Crippen MR) is 84.9 cm³/mol. The second kappa shape index (κ2) is 8.01. The highest BCUT2D eigenvalue weighted by Gasteiger charge is 2.25. The minimum Gasteiger partial charge on any atom is -0.481 e. The van der Waals surface area contributed by atoms with Gasteiger partial charge in [-0.25, -0.2) is 25.5 Å². The van der Waals surface area contributed by atoms with Gasteiger partial charge in [0.05, 0.1) is 17.1 Å². The summed E-state index contributed by atoms with van der Waals surface area (Å²) < 4.78 is 63.1. The average Bonchev–Trinajstić information content (AvgIpc) is 2.50. The third-order valence-corrected chi connectivity index (χ3v) is 7.00. The number of benzene rings is 1. The van der Waals surface area contributed by atoms with Crippen LogP contribution in [0, 0.1) is 5.82 Å². The zero-order valence-electron chi connectivity index (χ0n) is 13.2. The number of hydrogen-bond donors (Lipinski definition) is 1. The number of hydrogen-bond acceptors (Lipinski definition) is 5. The van der Waals surface area contributed by atoms with Crippen LogP contribution in [0.5, 0.6) is 0 Å². The molecule has 0 unspecified atom stereocenters. The molecule has 0 heterocycles. The first kappa shape index (κ1) is 20.5. The van der Waals surface area contributed by atoms with Gasteiger partial charge < -0.3 is 5.11 Å². The first-order valence-electron chi connectivity index (χ1n) is 6.84. The molecule has 0 radical (unpaired) electrons. The molecule has 0 aromatic heterocycles. The first-order chi connectivity index (χ1) is 11.0. The second-order valence-electron chi connectivity index (χ2n) is 5.06. The van der Waals surface area contributed by atoms with E-state index < -0.39 is 37.6 Å². The molecule has 0 aliphatic carbocycles. The number of nitrogens with zero attached hydrogens (tertiary/aromatic N) is 2. The summed E-state index contributed by atoms with van der Waals surface area (Å²) >= 11 is 0. The van der Waals surface area contributed by atoms with E-state index in [1.165, 1.54) is 14.1 Å². The van der Waals surface area contributed by atoms with Crippen molar-refractivity contribution in [2.45, 2.75) is 11.3 Å². The van der Waals surface area contributed by atoms with Crippen LogP contribution in [0.3, 0.4) is 0 Å². The highest BCUT2D eigenvalue weighted by Crippen LogP contribution is 2.15. The molecule has 1 aromatic rings. The zero-order valence-corrected chi connectivity index (χ0v) is 14.8. The number of carboxylic acid groups (broad SMARTS) is 1. The molecule has 0 bridgehead atoms. The van der Waals surface area contributed by atoms with Crippen molar-refractivity contribution < 1.29 is 31.1 Å². The maximum atomic E-state index is 12.9. The number of rotatable bonds is 9. The summed E-state index contributed by atoms with van der Waals surface area (Å²) in [6, 6.07) is 4.18. The fraction of sp³-hybridized carbons (Fsp3) is 0.462. The molecule has 0 saturated carbocycles. The van der Waals surface area contributed by atoms with Crippen LogP contribution in [0.25, 0.3) is 0 Å². The van der Waals surface area contributed by atoms with Gasteiger partial charge in [0, 0.05) is 27.2 Å². The van der Waals surface area contributed by atoms with Crippen molar-refractivity contribution in [3.05, 3.63) is 30.1 Å². The van der Waals surface area contributed by atoms with E-state index in [0.29, 0.717) is 0 Å². The Balaban J connectivity index is 2.75. The third-order valence-electron chi connectivity index (χ3n) is 3.30. The minimum absolute atomic E-state index is 0.150. The molecule has 11 heteroatoms. The topological polar surface area (TPSA) is 112 Å². The Bertz CT molecular complexity index is 777. The Labute approximate surface area is 140 Å². The van der Waals surface area contributed by atoms with E-state index in [1.54, 1.807) is 0 Å². The third kappa shape index (κ3) is 5.51. The van der Waals surface area contributed by atoms with Crippen molar-refractivity contribution in [1.29, 1.82) is 0 Å². The van der Waals surface area contributed by atoms with Gasteiger partial charge in [0.1, 0.15) is 5.82 Å². The molecule has 136 valence electrons. The molecule has 0 amide bonds. The number of carboxylic acids is 1. The molecule has 1 rings (SSSR count). The van der Waals surface area contributed by atoms with Crippen molar-refractivity contribution in [3.63, 3.8) is 0 Å². The molecular weight excluding hydrogens is 363 g/mol. The van der Waals surface area contributed by atoms with E-state index in [-0.39, 0.29) is 24.4 Å². The SMILES string of the molecule is CN(CCC(=O)O)S(=O)(=O)CCN(C)S(=O)(=O)c1ccc(F)cc1. The van der Waals surface area contributed by atoms with E-state index >= 15 is 0 Å². The normalized spacial score (nSPS) is 12.7. The van der Waals surface area contributed by atoms with E-state index in [2.05, 4.69) is 0 Å². The van der Waals surface area contributed by atoms with Crippen LogP contribution in [0.4, 0.5) is 4.39 Å². The van der Waals surface area contributed by atoms with Crippen LogP contribution in [0.2, 0.25) is 0 Å². The average molecular weight is 382 g/mol. The van der Waals surface area contributed by atoms with E-state index in [0.717, 1.165) is 32.9 Å². The lowest BCUT2D eigenvalue weighted by Crippen LogP contribution is -2.37. The maximum Gasteiger partial charge on any atom is 0.304 e. The van der Waals surface area contributed by atoms with E-state index in [1.807, 2.05) is 0 Å². The van der Waals surface area contributed by atoms with E-state index in [4.69, 9.17) is 5.11 Å². The Morgan fingerprint density at radius 1 is 1.04 bits per heavy atom. The van der Waals surface area contributed by atoms with Crippen LogP contribution >= 0.6 is 0 Å². The monoisotopic (exact) mass is 382 g/mol. The van der Waals surface area contributed by atoms with Crippen molar-refractivity contribution in [2.75, 3.05) is 32.9 Å². The summed E-state index contributed by atoms with van der Waals surface area (Å²) in [5.74, 6) is -2.22. The molecule has 0 aliphatic heterocycles. The van der Waals surface area contributed by atoms with Crippen LogP contribution < -0.4 is 0 Å². The number of carbonyl (C=O) groups is 1. The van der Waals surface area contributed by atoms with Gasteiger partial charge in [-0.05, 0) is 24.3 Å². The Hall–Kier alpha value is -1.56. The zero-order chi connectivity index (χ0) is 18.5. The van der Waals surface area contributed by atoms with Crippen molar-refractivity contribution in [1.82, 2.24) is 8.61 Å². The fourth-order valence-electron chi connectivity index (χ4n) is 1.70. The molecule has 24 heavy (non-hydrogen) atoms. The van der Waals surface area contributed by atoms with Crippen LogP contribution in [-0.4, -0.2) is 69.5 Å². The first-order valence-corrected chi connectivity index (χ1v) is 9.89. The molecule has 0 fully saturated rings. The number of halogens is 1. The molecule has 0 atom stereocenters. The summed E-state index contributed by atoms with van der Waals surface area (Å²) in [7, 11) is -5.29. The molecule has 8 nitrogen and oxygen atoms in total. The van der Waals surface area contributed by atoms with Gasteiger partial charge in [-0.3, -0.25) is 4.79 Å². The second-order valence-corrected chi connectivity index (χ2v) is 9.30. The highest BCUT2D eigenvalue weighted by atomic mass is 32.2. The van der Waals surface area contributed by atoms with Crippen molar-refractivity contribution >= 4 is 26.0 Å². The van der Waals surface area contributed by atoms with Crippen molar-refractivity contribution in [2.24, 2.45) is 0 Å². The summed E-state index contributed by atoms with van der Waals surface area (Å²) in [5.41, 5.74) is 0. The lowest BCUT2D eigenvalue weighted by atomic mass is 10.4. The van der Waals surface area contributed by atoms with Crippen LogP contribution in [0.1, 0.15) is 6.42 Å². The Morgan fingerprint density at radius 3 is 2.08 bits per heavy atom. The molecule has 0 saturated heterocycles. The van der Waals surface area contributed by atoms with Crippen LogP contribution in [-0.2, 0) is 24.8 Å². The molecule has 0 spiro atoms. The summed E-state index contributed by atoms with van der Waals surface area (Å²) in [4.78, 5) is 10.3. The van der Waals surface area contributed by atoms with Gasteiger partial charge in [0.25, 0.3) is 0 Å². The van der Waals surface area contributed by atoms with Gasteiger partial charge in [0.2, 0.25) is 20.0 Å². The lowest BCUT2D eigenvalue weighted by molar-refractivity contribution is -0.137. The van der Waals surface area contributed by atoms with Gasteiger partial charge in [-0.15, -0.1) is 0 Å². The maximum absolute atomic E-state index is 12.9. The summed E-state index contributed by atoms with van der Waals surface area (Å²) in [6.07, 6.45) is -0.348. The largest absolute Gasteiger partial charge is 0.481 e. The van der Waals surface area contributed by atoms with Gasteiger partial charge in [-0.2, -0.15) is 4.31 Å². The molecule has 0 aliphatic rings. The quantitative estimate of drug-likeness (QED) is 0.652. The summed E-state index contributed by atoms with van der Waals surface area (Å²) in [5, 5.41) is 8.56.